The Kier molecular flexibility index (Phi) is 4.11. The Morgan fingerprint density at radius 3 is 2.73 bits per heavy atom. The highest BCUT2D eigenvalue weighted by atomic mass is 16.5. The Bertz CT molecular complexity index is 223. The van der Waals surface area contributed by atoms with Crippen molar-refractivity contribution in [3.05, 3.63) is 0 Å². The Morgan fingerprint density at radius 1 is 1.60 bits per heavy atom. The minimum atomic E-state index is -0.772. The average Bonchev–Trinajstić information content (AvgIpc) is 2.61. The van der Waals surface area contributed by atoms with Crippen molar-refractivity contribution in [3.8, 4) is 0 Å². The molecule has 4 nitrogen and oxygen atoms in total. The van der Waals surface area contributed by atoms with Gasteiger partial charge in [0.05, 0.1) is 6.61 Å². The van der Waals surface area contributed by atoms with Crippen molar-refractivity contribution in [3.63, 3.8) is 0 Å². The largest absolute Gasteiger partial charge is 0.379 e. The fourth-order valence-electron chi connectivity index (χ4n) is 1.68. The van der Waals surface area contributed by atoms with E-state index < -0.39 is 5.54 Å². The van der Waals surface area contributed by atoms with Gasteiger partial charge >= 0.3 is 0 Å². The molecule has 0 aromatic heterocycles. The number of hydrogen-bond donors (Lipinski definition) is 1. The number of nitrogens with zero attached hydrogens (tertiary/aromatic N) is 1. The Hall–Kier alpha value is -0.610. The summed E-state index contributed by atoms with van der Waals surface area (Å²) in [5.41, 5.74) is 5.22. The fourth-order valence-corrected chi connectivity index (χ4v) is 1.68. The summed E-state index contributed by atoms with van der Waals surface area (Å²) in [4.78, 5) is 13.7. The van der Waals surface area contributed by atoms with Gasteiger partial charge in [-0.25, -0.2) is 0 Å². The van der Waals surface area contributed by atoms with E-state index >= 15 is 0 Å². The standard InChI is InChI=1S/C11H22N2O2/c1-9(2)4-6-13(3)10(14)11(12)5-7-15-8-11/h9H,4-8,12H2,1-3H3. The highest BCUT2D eigenvalue weighted by Gasteiger charge is 2.39. The topological polar surface area (TPSA) is 55.6 Å². The lowest BCUT2D eigenvalue weighted by Gasteiger charge is -2.28. The Labute approximate surface area is 91.8 Å². The van der Waals surface area contributed by atoms with Crippen molar-refractivity contribution >= 4 is 5.91 Å². The maximum absolute atomic E-state index is 12.0. The molecule has 1 unspecified atom stereocenters. The van der Waals surface area contributed by atoms with Gasteiger partial charge in [-0.15, -0.1) is 0 Å². The lowest BCUT2D eigenvalue weighted by atomic mass is 9.98. The number of likely N-dealkylation sites (N-methyl/N-ethyl adjacent to an activating group) is 1. The van der Waals surface area contributed by atoms with Crippen molar-refractivity contribution in [1.29, 1.82) is 0 Å². The molecule has 0 aliphatic carbocycles. The Morgan fingerprint density at radius 2 is 2.27 bits per heavy atom. The number of rotatable bonds is 4. The van der Waals surface area contributed by atoms with E-state index in [4.69, 9.17) is 10.5 Å². The van der Waals surface area contributed by atoms with Crippen LogP contribution in [-0.4, -0.2) is 43.2 Å². The van der Waals surface area contributed by atoms with Crippen LogP contribution in [-0.2, 0) is 9.53 Å². The van der Waals surface area contributed by atoms with E-state index in [2.05, 4.69) is 13.8 Å². The molecule has 1 aliphatic rings. The molecular formula is C11H22N2O2. The SMILES string of the molecule is CC(C)CCN(C)C(=O)C1(N)CCOC1. The van der Waals surface area contributed by atoms with Gasteiger partial charge in [0.2, 0.25) is 5.91 Å². The molecule has 0 bridgehead atoms. The van der Waals surface area contributed by atoms with E-state index in [0.29, 0.717) is 25.6 Å². The monoisotopic (exact) mass is 214 g/mol. The minimum Gasteiger partial charge on any atom is -0.379 e. The number of ether oxygens (including phenoxy) is 1. The molecule has 1 rings (SSSR count). The number of carbonyl (C=O) groups is 1. The fraction of sp³-hybridized carbons (Fsp3) is 0.909. The highest BCUT2D eigenvalue weighted by molar-refractivity contribution is 5.86. The molecule has 2 N–H and O–H groups in total. The van der Waals surface area contributed by atoms with Gasteiger partial charge in [-0.05, 0) is 18.8 Å². The first kappa shape index (κ1) is 12.5. The second-order valence-corrected chi connectivity index (χ2v) is 4.87. The molecule has 0 saturated carbocycles. The predicted molar refractivity (Wildman–Crippen MR) is 59.4 cm³/mol. The third kappa shape index (κ3) is 3.18. The summed E-state index contributed by atoms with van der Waals surface area (Å²) in [6.07, 6.45) is 1.65. The van der Waals surface area contributed by atoms with Crippen LogP contribution in [0.25, 0.3) is 0 Å². The zero-order valence-corrected chi connectivity index (χ0v) is 9.95. The smallest absolute Gasteiger partial charge is 0.244 e. The van der Waals surface area contributed by atoms with Crippen molar-refractivity contribution < 1.29 is 9.53 Å². The number of hydrogen-bond acceptors (Lipinski definition) is 3. The second kappa shape index (κ2) is 4.94. The van der Waals surface area contributed by atoms with Crippen LogP contribution in [0.1, 0.15) is 26.7 Å². The van der Waals surface area contributed by atoms with Crippen LogP contribution < -0.4 is 5.73 Å². The lowest BCUT2D eigenvalue weighted by molar-refractivity contribution is -0.135. The molecule has 1 fully saturated rings. The van der Waals surface area contributed by atoms with Crippen LogP contribution in [0.3, 0.4) is 0 Å². The van der Waals surface area contributed by atoms with Gasteiger partial charge in [0, 0.05) is 20.2 Å². The van der Waals surface area contributed by atoms with Crippen LogP contribution >= 0.6 is 0 Å². The first-order valence-corrected chi connectivity index (χ1v) is 5.58. The van der Waals surface area contributed by atoms with Crippen LogP contribution in [0.15, 0.2) is 0 Å². The maximum Gasteiger partial charge on any atom is 0.244 e. The third-order valence-electron chi connectivity index (χ3n) is 2.87. The zero-order valence-electron chi connectivity index (χ0n) is 9.95. The van der Waals surface area contributed by atoms with E-state index in [0.717, 1.165) is 13.0 Å². The first-order valence-electron chi connectivity index (χ1n) is 5.58. The summed E-state index contributed by atoms with van der Waals surface area (Å²) in [6, 6.07) is 0. The maximum atomic E-state index is 12.0. The summed E-state index contributed by atoms with van der Waals surface area (Å²) in [7, 11) is 1.82. The highest BCUT2D eigenvalue weighted by Crippen LogP contribution is 2.18. The van der Waals surface area contributed by atoms with Crippen LogP contribution in [0, 0.1) is 5.92 Å². The summed E-state index contributed by atoms with van der Waals surface area (Å²) in [5.74, 6) is 0.620. The molecule has 0 radical (unpaired) electrons. The number of amides is 1. The number of nitrogens with two attached hydrogens (primary N) is 1. The first-order chi connectivity index (χ1) is 6.96. The molecule has 1 aliphatic heterocycles. The van der Waals surface area contributed by atoms with Gasteiger partial charge in [0.25, 0.3) is 0 Å². The summed E-state index contributed by atoms with van der Waals surface area (Å²) < 4.78 is 5.18. The molecule has 0 spiro atoms. The van der Waals surface area contributed by atoms with Gasteiger partial charge in [-0.2, -0.15) is 0 Å². The molecular weight excluding hydrogens is 192 g/mol. The molecule has 0 aromatic carbocycles. The van der Waals surface area contributed by atoms with E-state index in [1.807, 2.05) is 7.05 Å². The van der Waals surface area contributed by atoms with Gasteiger partial charge in [-0.1, -0.05) is 13.8 Å². The van der Waals surface area contributed by atoms with Gasteiger partial charge in [0.15, 0.2) is 0 Å². The predicted octanol–water partition coefficient (Wildman–Crippen LogP) is 0.609. The molecule has 4 heteroatoms. The molecule has 1 atom stereocenters. The minimum absolute atomic E-state index is 0.0145. The van der Waals surface area contributed by atoms with E-state index in [1.54, 1.807) is 4.90 Å². The summed E-state index contributed by atoms with van der Waals surface area (Å²) >= 11 is 0. The van der Waals surface area contributed by atoms with Crippen molar-refractivity contribution in [2.75, 3.05) is 26.8 Å². The molecule has 88 valence electrons. The van der Waals surface area contributed by atoms with Gasteiger partial charge in [-0.3, -0.25) is 4.79 Å². The average molecular weight is 214 g/mol. The van der Waals surface area contributed by atoms with Gasteiger partial charge in [0.1, 0.15) is 5.54 Å². The molecule has 0 aromatic rings. The van der Waals surface area contributed by atoms with Crippen molar-refractivity contribution in [2.45, 2.75) is 32.2 Å². The summed E-state index contributed by atoms with van der Waals surface area (Å²) in [5, 5.41) is 0. The molecule has 1 heterocycles. The molecule has 1 saturated heterocycles. The van der Waals surface area contributed by atoms with E-state index in [1.165, 1.54) is 0 Å². The van der Waals surface area contributed by atoms with Gasteiger partial charge < -0.3 is 15.4 Å². The lowest BCUT2D eigenvalue weighted by Crippen LogP contribution is -2.55. The third-order valence-corrected chi connectivity index (χ3v) is 2.87. The van der Waals surface area contributed by atoms with Crippen LogP contribution in [0.5, 0.6) is 0 Å². The quantitative estimate of drug-likeness (QED) is 0.746. The van der Waals surface area contributed by atoms with Crippen LogP contribution in [0.2, 0.25) is 0 Å². The van der Waals surface area contributed by atoms with Crippen LogP contribution in [0.4, 0.5) is 0 Å². The Balaban J connectivity index is 2.44. The summed E-state index contributed by atoms with van der Waals surface area (Å²) in [6.45, 7) is 6.03. The number of carbonyl (C=O) groups excluding carboxylic acids is 1. The molecule has 15 heavy (non-hydrogen) atoms. The van der Waals surface area contributed by atoms with Crippen molar-refractivity contribution in [1.82, 2.24) is 4.90 Å². The second-order valence-electron chi connectivity index (χ2n) is 4.87. The van der Waals surface area contributed by atoms with Crippen molar-refractivity contribution in [2.24, 2.45) is 11.7 Å². The van der Waals surface area contributed by atoms with E-state index in [-0.39, 0.29) is 5.91 Å². The molecule has 1 amide bonds. The van der Waals surface area contributed by atoms with E-state index in [9.17, 15) is 4.79 Å². The normalized spacial score (nSPS) is 25.9. The zero-order chi connectivity index (χ0) is 11.5.